The molecule has 2 aromatic carbocycles. The average Bonchev–Trinajstić information content (AvgIpc) is 3.07. The van der Waals surface area contributed by atoms with Crippen molar-refractivity contribution < 1.29 is 14.1 Å². The van der Waals surface area contributed by atoms with Crippen molar-refractivity contribution in [3.63, 3.8) is 0 Å². The molecule has 0 spiro atoms. The number of benzene rings is 2. The highest BCUT2D eigenvalue weighted by atomic mass is 16.7. The first-order valence-corrected chi connectivity index (χ1v) is 10.7. The first-order chi connectivity index (χ1) is 13.8. The van der Waals surface area contributed by atoms with Gasteiger partial charge >= 0.3 is 7.12 Å². The van der Waals surface area contributed by atoms with Gasteiger partial charge in [0.05, 0.1) is 17.7 Å². The normalized spacial score (nSPS) is 20.1. The Morgan fingerprint density at radius 3 is 2.23 bits per heavy atom. The first kappa shape index (κ1) is 21.1. The Bertz CT molecular complexity index is 1000. The van der Waals surface area contributed by atoms with Gasteiger partial charge in [0, 0.05) is 11.3 Å². The summed E-state index contributed by atoms with van der Waals surface area (Å²) in [6.07, 6.45) is 0. The van der Waals surface area contributed by atoms with E-state index < -0.39 is 18.3 Å². The third kappa shape index (κ3) is 3.29. The number of carbonyl (C=O) groups excluding carboxylic acids is 1. The van der Waals surface area contributed by atoms with E-state index in [2.05, 4.69) is 60.6 Å². The quantitative estimate of drug-likeness (QED) is 0.677. The molecule has 0 unspecified atom stereocenters. The van der Waals surface area contributed by atoms with Gasteiger partial charge in [-0.2, -0.15) is 0 Å². The topological polar surface area (TPSA) is 38.8 Å². The molecule has 0 atom stereocenters. The Balaban J connectivity index is 1.68. The van der Waals surface area contributed by atoms with Crippen LogP contribution in [0.5, 0.6) is 0 Å². The minimum Gasteiger partial charge on any atom is -0.399 e. The van der Waals surface area contributed by atoms with Gasteiger partial charge in [-0.05, 0) is 74.3 Å². The molecule has 158 valence electrons. The monoisotopic (exact) mass is 405 g/mol. The summed E-state index contributed by atoms with van der Waals surface area (Å²) in [7, 11) is -0.442. The van der Waals surface area contributed by atoms with Crippen LogP contribution in [0, 0.1) is 6.92 Å². The SMILES string of the molecule is Cc1c(B2OC(C)(C)C(C)(C)O2)cccc1N1Cc2cc(C(C)(C)C)ccc2C1=O. The van der Waals surface area contributed by atoms with Crippen molar-refractivity contribution in [1.82, 2.24) is 0 Å². The second-order valence-corrected chi connectivity index (χ2v) is 10.6. The zero-order valence-corrected chi connectivity index (χ0v) is 19.4. The van der Waals surface area contributed by atoms with Gasteiger partial charge in [-0.25, -0.2) is 0 Å². The summed E-state index contributed by atoms with van der Waals surface area (Å²) in [5.41, 5.74) is 5.30. The van der Waals surface area contributed by atoms with Crippen molar-refractivity contribution in [2.45, 2.75) is 78.6 Å². The molecule has 5 heteroatoms. The van der Waals surface area contributed by atoms with Gasteiger partial charge in [-0.15, -0.1) is 0 Å². The van der Waals surface area contributed by atoms with Crippen LogP contribution in [0.3, 0.4) is 0 Å². The van der Waals surface area contributed by atoms with E-state index in [4.69, 9.17) is 9.31 Å². The number of anilines is 1. The van der Waals surface area contributed by atoms with Crippen molar-refractivity contribution in [2.75, 3.05) is 4.90 Å². The lowest BCUT2D eigenvalue weighted by Crippen LogP contribution is -2.41. The van der Waals surface area contributed by atoms with Crippen LogP contribution in [-0.2, 0) is 21.3 Å². The van der Waals surface area contributed by atoms with E-state index in [0.717, 1.165) is 27.8 Å². The van der Waals surface area contributed by atoms with Crippen LogP contribution < -0.4 is 10.4 Å². The smallest absolute Gasteiger partial charge is 0.399 e. The molecule has 4 nitrogen and oxygen atoms in total. The first-order valence-electron chi connectivity index (χ1n) is 10.7. The maximum atomic E-state index is 13.2. The zero-order chi connectivity index (χ0) is 22.1. The van der Waals surface area contributed by atoms with Gasteiger partial charge in [0.25, 0.3) is 5.91 Å². The fraction of sp³-hybridized carbons (Fsp3) is 0.480. The molecule has 0 bridgehead atoms. The third-order valence-corrected chi connectivity index (χ3v) is 6.92. The molecule has 1 fully saturated rings. The summed E-state index contributed by atoms with van der Waals surface area (Å²) in [4.78, 5) is 15.1. The number of rotatable bonds is 2. The second kappa shape index (κ2) is 6.70. The molecule has 2 aromatic rings. The van der Waals surface area contributed by atoms with E-state index in [0.29, 0.717) is 6.54 Å². The number of amides is 1. The van der Waals surface area contributed by atoms with Crippen LogP contribution in [0.25, 0.3) is 0 Å². The molecule has 1 amide bonds. The Morgan fingerprint density at radius 2 is 1.63 bits per heavy atom. The van der Waals surface area contributed by atoms with Gasteiger partial charge in [0.1, 0.15) is 0 Å². The Labute approximate surface area is 180 Å². The molecule has 30 heavy (non-hydrogen) atoms. The van der Waals surface area contributed by atoms with E-state index in [1.807, 2.05) is 36.1 Å². The molecule has 4 rings (SSSR count). The van der Waals surface area contributed by atoms with Gasteiger partial charge in [-0.3, -0.25) is 4.79 Å². The van der Waals surface area contributed by atoms with E-state index >= 15 is 0 Å². The fourth-order valence-electron chi connectivity index (χ4n) is 4.14. The van der Waals surface area contributed by atoms with Crippen LogP contribution in [-0.4, -0.2) is 24.2 Å². The molecule has 1 saturated heterocycles. The lowest BCUT2D eigenvalue weighted by molar-refractivity contribution is 0.00578. The van der Waals surface area contributed by atoms with Gasteiger partial charge in [0.15, 0.2) is 0 Å². The lowest BCUT2D eigenvalue weighted by Gasteiger charge is -2.32. The van der Waals surface area contributed by atoms with E-state index in [-0.39, 0.29) is 11.3 Å². The predicted molar refractivity (Wildman–Crippen MR) is 123 cm³/mol. The summed E-state index contributed by atoms with van der Waals surface area (Å²) < 4.78 is 12.5. The molecule has 2 heterocycles. The molecular weight excluding hydrogens is 373 g/mol. The molecule has 0 saturated carbocycles. The van der Waals surface area contributed by atoms with Crippen LogP contribution >= 0.6 is 0 Å². The Morgan fingerprint density at radius 1 is 1.00 bits per heavy atom. The van der Waals surface area contributed by atoms with Crippen LogP contribution in [0.1, 0.15) is 75.5 Å². The largest absolute Gasteiger partial charge is 0.495 e. The maximum Gasteiger partial charge on any atom is 0.495 e. The third-order valence-electron chi connectivity index (χ3n) is 6.92. The molecule has 0 aromatic heterocycles. The number of fused-ring (bicyclic) bond motifs is 1. The molecule has 2 aliphatic rings. The van der Waals surface area contributed by atoms with Crippen LogP contribution in [0.15, 0.2) is 36.4 Å². The van der Waals surface area contributed by atoms with Crippen molar-refractivity contribution in [1.29, 1.82) is 0 Å². The summed E-state index contributed by atoms with van der Waals surface area (Å²) >= 11 is 0. The Kier molecular flexibility index (Phi) is 4.72. The molecule has 2 aliphatic heterocycles. The minimum atomic E-state index is -0.442. The van der Waals surface area contributed by atoms with Crippen molar-refractivity contribution in [3.05, 3.63) is 58.7 Å². The lowest BCUT2D eigenvalue weighted by atomic mass is 9.75. The van der Waals surface area contributed by atoms with Crippen molar-refractivity contribution in [2.24, 2.45) is 0 Å². The molecule has 0 radical (unpaired) electrons. The Hall–Kier alpha value is -2.11. The minimum absolute atomic E-state index is 0.0537. The van der Waals surface area contributed by atoms with Gasteiger partial charge in [0.2, 0.25) is 0 Å². The standard InChI is InChI=1S/C25H32BNO3/c1-16-20(26-29-24(5,6)25(7,8)30-26)10-9-11-21(16)27-15-17-14-18(23(2,3)4)12-13-19(17)22(27)28/h9-14H,15H2,1-8H3. The molecule has 0 aliphatic carbocycles. The maximum absolute atomic E-state index is 13.2. The average molecular weight is 405 g/mol. The van der Waals surface area contributed by atoms with Gasteiger partial charge < -0.3 is 14.2 Å². The van der Waals surface area contributed by atoms with Crippen LogP contribution in [0.2, 0.25) is 0 Å². The van der Waals surface area contributed by atoms with E-state index in [1.165, 1.54) is 5.56 Å². The molecule has 0 N–H and O–H groups in total. The summed E-state index contributed by atoms with van der Waals surface area (Å²) in [5.74, 6) is 0.0552. The number of hydrogen-bond donors (Lipinski definition) is 0. The highest BCUT2D eigenvalue weighted by molar-refractivity contribution is 6.62. The predicted octanol–water partition coefficient (Wildman–Crippen LogP) is 4.75. The van der Waals surface area contributed by atoms with Gasteiger partial charge in [-0.1, -0.05) is 45.0 Å². The fourth-order valence-corrected chi connectivity index (χ4v) is 4.14. The summed E-state index contributed by atoms with van der Waals surface area (Å²) in [5, 5.41) is 0. The van der Waals surface area contributed by atoms with Crippen molar-refractivity contribution in [3.8, 4) is 0 Å². The highest BCUT2D eigenvalue weighted by Crippen LogP contribution is 2.38. The number of nitrogens with zero attached hydrogens (tertiary/aromatic N) is 1. The van der Waals surface area contributed by atoms with Crippen molar-refractivity contribution >= 4 is 24.2 Å². The second-order valence-electron chi connectivity index (χ2n) is 10.6. The zero-order valence-electron chi connectivity index (χ0n) is 19.4. The number of hydrogen-bond acceptors (Lipinski definition) is 3. The van der Waals surface area contributed by atoms with E-state index in [1.54, 1.807) is 0 Å². The van der Waals surface area contributed by atoms with Crippen LogP contribution in [0.4, 0.5) is 5.69 Å². The highest BCUT2D eigenvalue weighted by Gasteiger charge is 2.52. The van der Waals surface area contributed by atoms with E-state index in [9.17, 15) is 4.79 Å². The number of carbonyl (C=O) groups is 1. The molecular formula is C25H32BNO3. The summed E-state index contributed by atoms with van der Waals surface area (Å²) in [6.45, 7) is 17.4. The summed E-state index contributed by atoms with van der Waals surface area (Å²) in [6, 6.07) is 12.3.